The van der Waals surface area contributed by atoms with Gasteiger partial charge in [-0.1, -0.05) is 13.8 Å². The summed E-state index contributed by atoms with van der Waals surface area (Å²) in [5.41, 5.74) is 0. The van der Waals surface area contributed by atoms with Crippen LogP contribution in [0.25, 0.3) is 0 Å². The summed E-state index contributed by atoms with van der Waals surface area (Å²) >= 11 is 0. The first-order chi connectivity index (χ1) is 7.36. The van der Waals surface area contributed by atoms with E-state index in [0.717, 1.165) is 12.4 Å². The molecule has 1 heterocycles. The topological polar surface area (TPSA) is 59.1 Å². The summed E-state index contributed by atoms with van der Waals surface area (Å²) in [6, 6.07) is 2.19. The van der Waals surface area contributed by atoms with Crippen molar-refractivity contribution in [1.29, 1.82) is 0 Å². The summed E-state index contributed by atoms with van der Waals surface area (Å²) in [4.78, 5) is 8.05. The molecule has 2 N–H and O–H groups in total. The van der Waals surface area contributed by atoms with Crippen molar-refractivity contribution < 1.29 is 4.74 Å². The molecular weight excluding hydrogens is 192 g/mol. The molecule has 0 aromatic carbocycles. The average molecular weight is 212 g/mol. The lowest BCUT2D eigenvalue weighted by molar-refractivity contribution is 0.294. The molecule has 1 aromatic rings. The SMILES string of the molecule is CC.CNCCOc1nccc(NC)n1. The van der Waals surface area contributed by atoms with Gasteiger partial charge in [0.25, 0.3) is 0 Å². The van der Waals surface area contributed by atoms with Gasteiger partial charge in [0.1, 0.15) is 12.4 Å². The molecule has 0 amide bonds. The zero-order valence-corrected chi connectivity index (χ0v) is 9.87. The maximum atomic E-state index is 5.26. The Kier molecular flexibility index (Phi) is 8.37. The summed E-state index contributed by atoms with van der Waals surface area (Å²) in [7, 11) is 3.67. The summed E-state index contributed by atoms with van der Waals surface area (Å²) in [5.74, 6) is 0.759. The van der Waals surface area contributed by atoms with Gasteiger partial charge >= 0.3 is 6.01 Å². The fourth-order valence-corrected chi connectivity index (χ4v) is 0.794. The van der Waals surface area contributed by atoms with E-state index < -0.39 is 0 Å². The van der Waals surface area contributed by atoms with Gasteiger partial charge in [-0.2, -0.15) is 4.98 Å². The lowest BCUT2D eigenvalue weighted by atomic mass is 10.6. The molecule has 0 bridgehead atoms. The third kappa shape index (κ3) is 5.85. The first kappa shape index (κ1) is 13.6. The minimum absolute atomic E-state index is 0.405. The summed E-state index contributed by atoms with van der Waals surface area (Å²) in [6.07, 6.45) is 1.66. The van der Waals surface area contributed by atoms with E-state index in [9.17, 15) is 0 Å². The number of likely N-dealkylation sites (N-methyl/N-ethyl adjacent to an activating group) is 1. The molecule has 0 saturated heterocycles. The molecule has 1 rings (SSSR count). The van der Waals surface area contributed by atoms with Crippen LogP contribution < -0.4 is 15.4 Å². The zero-order valence-electron chi connectivity index (χ0n) is 9.87. The Labute approximate surface area is 91.3 Å². The number of aromatic nitrogens is 2. The van der Waals surface area contributed by atoms with Crippen molar-refractivity contribution >= 4 is 5.82 Å². The second-order valence-electron chi connectivity index (χ2n) is 2.43. The zero-order chi connectivity index (χ0) is 11.5. The number of hydrogen-bond acceptors (Lipinski definition) is 5. The van der Waals surface area contributed by atoms with Crippen molar-refractivity contribution in [2.45, 2.75) is 13.8 Å². The van der Waals surface area contributed by atoms with Crippen LogP contribution in [0.15, 0.2) is 12.3 Å². The minimum Gasteiger partial charge on any atom is -0.462 e. The Morgan fingerprint density at radius 3 is 2.67 bits per heavy atom. The van der Waals surface area contributed by atoms with Gasteiger partial charge in [-0.15, -0.1) is 0 Å². The molecule has 0 unspecified atom stereocenters. The van der Waals surface area contributed by atoms with Crippen molar-refractivity contribution in [2.24, 2.45) is 0 Å². The monoisotopic (exact) mass is 212 g/mol. The first-order valence-corrected chi connectivity index (χ1v) is 5.15. The second-order valence-corrected chi connectivity index (χ2v) is 2.43. The van der Waals surface area contributed by atoms with Crippen LogP contribution >= 0.6 is 0 Å². The lowest BCUT2D eigenvalue weighted by Gasteiger charge is -2.04. The molecule has 0 saturated carbocycles. The van der Waals surface area contributed by atoms with Crippen molar-refractivity contribution in [3.63, 3.8) is 0 Å². The van der Waals surface area contributed by atoms with Crippen molar-refractivity contribution in [3.8, 4) is 6.01 Å². The van der Waals surface area contributed by atoms with Crippen LogP contribution in [0.4, 0.5) is 5.82 Å². The van der Waals surface area contributed by atoms with E-state index in [0.29, 0.717) is 12.6 Å². The van der Waals surface area contributed by atoms with Crippen LogP contribution in [-0.2, 0) is 0 Å². The molecule has 0 atom stereocenters. The van der Waals surface area contributed by atoms with Crippen molar-refractivity contribution in [2.75, 3.05) is 32.6 Å². The molecule has 0 spiro atoms. The summed E-state index contributed by atoms with van der Waals surface area (Å²) < 4.78 is 5.26. The number of rotatable bonds is 5. The molecular formula is C10H20N4O. The van der Waals surface area contributed by atoms with Gasteiger partial charge in [0, 0.05) is 19.8 Å². The molecule has 0 fully saturated rings. The molecule has 5 nitrogen and oxygen atoms in total. The Hall–Kier alpha value is -1.36. The van der Waals surface area contributed by atoms with Crippen LogP contribution in [0.3, 0.4) is 0 Å². The highest BCUT2D eigenvalue weighted by Gasteiger charge is 1.97. The molecule has 5 heteroatoms. The van der Waals surface area contributed by atoms with Crippen LogP contribution in [-0.4, -0.2) is 37.2 Å². The smallest absolute Gasteiger partial charge is 0.318 e. The highest BCUT2D eigenvalue weighted by Crippen LogP contribution is 2.05. The van der Waals surface area contributed by atoms with Gasteiger partial charge in [-0.25, -0.2) is 4.98 Å². The standard InChI is InChI=1S/C8H14N4O.C2H6/c1-9-5-6-13-8-11-4-3-7(10-2)12-8;1-2/h3-4,9H,5-6H2,1-2H3,(H,10,11,12);1-2H3. The Morgan fingerprint density at radius 2 is 2.07 bits per heavy atom. The van der Waals surface area contributed by atoms with E-state index >= 15 is 0 Å². The normalized spacial score (nSPS) is 8.80. The predicted molar refractivity (Wildman–Crippen MR) is 62.3 cm³/mol. The fourth-order valence-electron chi connectivity index (χ4n) is 0.794. The van der Waals surface area contributed by atoms with Crippen LogP contribution in [0.1, 0.15) is 13.8 Å². The lowest BCUT2D eigenvalue weighted by Crippen LogP contribution is -2.16. The van der Waals surface area contributed by atoms with Crippen LogP contribution in [0.2, 0.25) is 0 Å². The fraction of sp³-hybridized carbons (Fsp3) is 0.600. The highest BCUT2D eigenvalue weighted by molar-refractivity contribution is 5.32. The van der Waals surface area contributed by atoms with Crippen LogP contribution in [0, 0.1) is 0 Å². The number of hydrogen-bond donors (Lipinski definition) is 2. The number of anilines is 1. The minimum atomic E-state index is 0.405. The Balaban J connectivity index is 0.000000921. The van der Waals surface area contributed by atoms with E-state index in [4.69, 9.17) is 4.74 Å². The Morgan fingerprint density at radius 1 is 1.33 bits per heavy atom. The van der Waals surface area contributed by atoms with E-state index in [1.54, 1.807) is 19.3 Å². The summed E-state index contributed by atoms with van der Waals surface area (Å²) in [5, 5.41) is 5.88. The van der Waals surface area contributed by atoms with Gasteiger partial charge in [0.15, 0.2) is 0 Å². The maximum absolute atomic E-state index is 5.26. The molecule has 0 aliphatic carbocycles. The maximum Gasteiger partial charge on any atom is 0.318 e. The number of nitrogens with one attached hydrogen (secondary N) is 2. The second kappa shape index (κ2) is 9.21. The Bertz CT molecular complexity index is 255. The molecule has 15 heavy (non-hydrogen) atoms. The molecule has 86 valence electrons. The number of nitrogens with zero attached hydrogens (tertiary/aromatic N) is 2. The van der Waals surface area contributed by atoms with E-state index in [1.165, 1.54) is 0 Å². The van der Waals surface area contributed by atoms with Crippen molar-refractivity contribution in [1.82, 2.24) is 15.3 Å². The highest BCUT2D eigenvalue weighted by atomic mass is 16.5. The van der Waals surface area contributed by atoms with Crippen LogP contribution in [0.5, 0.6) is 6.01 Å². The van der Waals surface area contributed by atoms with Gasteiger partial charge in [0.05, 0.1) is 0 Å². The van der Waals surface area contributed by atoms with Crippen molar-refractivity contribution in [3.05, 3.63) is 12.3 Å². The molecule has 0 aliphatic heterocycles. The van der Waals surface area contributed by atoms with E-state index in [-0.39, 0.29) is 0 Å². The molecule has 1 aromatic heterocycles. The summed E-state index contributed by atoms with van der Waals surface area (Å²) in [6.45, 7) is 5.36. The van der Waals surface area contributed by atoms with Gasteiger partial charge in [-0.3, -0.25) is 0 Å². The quantitative estimate of drug-likeness (QED) is 0.717. The van der Waals surface area contributed by atoms with E-state index in [1.807, 2.05) is 20.9 Å². The number of ether oxygens (including phenoxy) is 1. The van der Waals surface area contributed by atoms with Gasteiger partial charge < -0.3 is 15.4 Å². The predicted octanol–water partition coefficient (Wildman–Crippen LogP) is 1.14. The van der Waals surface area contributed by atoms with E-state index in [2.05, 4.69) is 20.6 Å². The largest absolute Gasteiger partial charge is 0.462 e. The van der Waals surface area contributed by atoms with Gasteiger partial charge in [0.2, 0.25) is 0 Å². The molecule has 0 radical (unpaired) electrons. The third-order valence-electron chi connectivity index (χ3n) is 1.47. The first-order valence-electron chi connectivity index (χ1n) is 5.15. The molecule has 0 aliphatic rings. The average Bonchev–Trinajstić information content (AvgIpc) is 2.32. The third-order valence-corrected chi connectivity index (χ3v) is 1.47. The van der Waals surface area contributed by atoms with Gasteiger partial charge in [-0.05, 0) is 13.1 Å².